The topological polar surface area (TPSA) is 74.7 Å². The highest BCUT2D eigenvalue weighted by atomic mass is 32.2. The van der Waals surface area contributed by atoms with Crippen LogP contribution in [0, 0.1) is 11.8 Å². The summed E-state index contributed by atoms with van der Waals surface area (Å²) in [4.78, 5) is 38.9. The molecule has 2 amide bonds. The van der Waals surface area contributed by atoms with Crippen LogP contribution in [0.4, 0.5) is 0 Å². The first-order valence-electron chi connectivity index (χ1n) is 11.5. The maximum atomic E-state index is 12.7. The number of benzene rings is 3. The third-order valence-corrected chi connectivity index (χ3v) is 8.29. The summed E-state index contributed by atoms with van der Waals surface area (Å²) >= 11 is 1.66. The monoisotopic (exact) mass is 471 g/mol. The molecule has 1 aliphatic carbocycles. The lowest BCUT2D eigenvalue weighted by atomic mass is 9.95. The van der Waals surface area contributed by atoms with Crippen molar-refractivity contribution in [1.82, 2.24) is 4.90 Å². The third-order valence-electron chi connectivity index (χ3n) is 6.84. The fourth-order valence-electron chi connectivity index (χ4n) is 5.06. The van der Waals surface area contributed by atoms with Gasteiger partial charge in [0.25, 0.3) is 11.8 Å². The minimum atomic E-state index is -0.851. The van der Waals surface area contributed by atoms with Crippen molar-refractivity contribution >= 4 is 29.5 Å². The van der Waals surface area contributed by atoms with E-state index in [9.17, 15) is 19.5 Å². The quantitative estimate of drug-likeness (QED) is 0.470. The van der Waals surface area contributed by atoms with Crippen LogP contribution in [0.1, 0.15) is 39.1 Å². The van der Waals surface area contributed by atoms with Gasteiger partial charge in [-0.25, -0.2) is 0 Å². The van der Waals surface area contributed by atoms with E-state index in [0.29, 0.717) is 17.5 Å². The summed E-state index contributed by atoms with van der Waals surface area (Å²) in [6.45, 7) is 0.159. The molecule has 6 heteroatoms. The first-order valence-corrected chi connectivity index (χ1v) is 12.5. The van der Waals surface area contributed by atoms with Gasteiger partial charge in [-0.2, -0.15) is 11.8 Å². The molecule has 1 heterocycles. The van der Waals surface area contributed by atoms with Crippen molar-refractivity contribution in [1.29, 1.82) is 0 Å². The highest BCUT2D eigenvalue weighted by Crippen LogP contribution is 2.42. The number of carboxylic acids is 1. The zero-order valence-electron chi connectivity index (χ0n) is 18.6. The lowest BCUT2D eigenvalue weighted by Gasteiger charge is -2.24. The molecule has 172 valence electrons. The number of carbonyl (C=O) groups excluding carboxylic acids is 2. The third kappa shape index (κ3) is 4.26. The number of aliphatic carboxylic acids is 1. The van der Waals surface area contributed by atoms with Crippen molar-refractivity contribution in [2.45, 2.75) is 23.8 Å². The average molecular weight is 472 g/mol. The van der Waals surface area contributed by atoms with Crippen LogP contribution in [-0.2, 0) is 10.5 Å². The Labute approximate surface area is 202 Å². The molecule has 3 aromatic rings. The van der Waals surface area contributed by atoms with Gasteiger partial charge >= 0.3 is 5.97 Å². The van der Waals surface area contributed by atoms with Gasteiger partial charge in [0.1, 0.15) is 0 Å². The van der Waals surface area contributed by atoms with Crippen molar-refractivity contribution in [2.75, 3.05) is 6.54 Å². The highest BCUT2D eigenvalue weighted by Gasteiger charge is 2.45. The number of fused-ring (bicyclic) bond motifs is 1. The standard InChI is InChI=1S/C28H25NO4S/c30-26-22-8-4-5-9-23(22)27(31)29(26)16-21-14-15-24(25(21)28(32)33)34-17-18-10-12-20(13-11-18)19-6-2-1-3-7-19/h1-13,21,24-25H,14-17H2,(H,32,33)/t21-,24-,25-/m1/s1. The molecule has 0 aromatic heterocycles. The molecule has 1 saturated carbocycles. The molecule has 0 radical (unpaired) electrons. The number of hydrogen-bond acceptors (Lipinski definition) is 4. The molecule has 0 unspecified atom stereocenters. The van der Waals surface area contributed by atoms with E-state index in [4.69, 9.17) is 0 Å². The first-order chi connectivity index (χ1) is 16.5. The molecular weight excluding hydrogens is 446 g/mol. The summed E-state index contributed by atoms with van der Waals surface area (Å²) in [6, 6.07) is 25.4. The molecule has 0 spiro atoms. The van der Waals surface area contributed by atoms with Gasteiger partial charge in [0, 0.05) is 17.5 Å². The van der Waals surface area contributed by atoms with Crippen LogP contribution in [0.3, 0.4) is 0 Å². The van der Waals surface area contributed by atoms with E-state index >= 15 is 0 Å². The first kappa shape index (κ1) is 22.4. The van der Waals surface area contributed by atoms with Crippen molar-refractivity contribution in [3.05, 3.63) is 95.6 Å². The number of carboxylic acid groups (broad SMARTS) is 1. The number of nitrogens with zero attached hydrogens (tertiary/aromatic N) is 1. The van der Waals surface area contributed by atoms with Crippen LogP contribution >= 0.6 is 11.8 Å². The molecule has 5 rings (SSSR count). The predicted octanol–water partition coefficient (Wildman–Crippen LogP) is 5.36. The Balaban J connectivity index is 1.23. The fraction of sp³-hybridized carbons (Fsp3) is 0.250. The Hall–Kier alpha value is -3.38. The summed E-state index contributed by atoms with van der Waals surface area (Å²) in [7, 11) is 0. The van der Waals surface area contributed by atoms with E-state index in [1.54, 1.807) is 36.0 Å². The van der Waals surface area contributed by atoms with Crippen LogP contribution in [0.15, 0.2) is 78.9 Å². The van der Waals surface area contributed by atoms with E-state index in [2.05, 4.69) is 36.4 Å². The average Bonchev–Trinajstić information content (AvgIpc) is 3.38. The van der Waals surface area contributed by atoms with Crippen LogP contribution in [-0.4, -0.2) is 39.6 Å². The maximum absolute atomic E-state index is 12.7. The molecule has 34 heavy (non-hydrogen) atoms. The van der Waals surface area contributed by atoms with Gasteiger partial charge in [-0.15, -0.1) is 0 Å². The van der Waals surface area contributed by atoms with Crippen molar-refractivity contribution in [2.24, 2.45) is 11.8 Å². The second-order valence-corrected chi connectivity index (χ2v) is 10.1. The van der Waals surface area contributed by atoms with E-state index in [1.807, 2.05) is 18.2 Å². The van der Waals surface area contributed by atoms with Gasteiger partial charge in [0.05, 0.1) is 17.0 Å². The second-order valence-electron chi connectivity index (χ2n) is 8.88. The number of rotatable bonds is 7. The summed E-state index contributed by atoms with van der Waals surface area (Å²) in [5.74, 6) is -1.59. The van der Waals surface area contributed by atoms with Crippen LogP contribution in [0.5, 0.6) is 0 Å². The molecule has 1 N–H and O–H groups in total. The molecule has 1 fully saturated rings. The molecule has 0 bridgehead atoms. The van der Waals surface area contributed by atoms with E-state index in [1.165, 1.54) is 10.5 Å². The Morgan fingerprint density at radius 3 is 2.03 bits per heavy atom. The zero-order chi connectivity index (χ0) is 23.7. The van der Waals surface area contributed by atoms with Crippen LogP contribution in [0.25, 0.3) is 11.1 Å². The Kier molecular flexibility index (Phi) is 6.24. The minimum Gasteiger partial charge on any atom is -0.481 e. The lowest BCUT2D eigenvalue weighted by molar-refractivity contribution is -0.142. The van der Waals surface area contributed by atoms with Crippen LogP contribution < -0.4 is 0 Å². The number of amides is 2. The van der Waals surface area contributed by atoms with Gasteiger partial charge in [-0.1, -0.05) is 66.7 Å². The minimum absolute atomic E-state index is 0.0496. The van der Waals surface area contributed by atoms with E-state index < -0.39 is 11.9 Å². The van der Waals surface area contributed by atoms with Crippen molar-refractivity contribution < 1.29 is 19.5 Å². The largest absolute Gasteiger partial charge is 0.481 e. The number of imide groups is 1. The predicted molar refractivity (Wildman–Crippen MR) is 133 cm³/mol. The molecule has 3 atom stereocenters. The van der Waals surface area contributed by atoms with Crippen molar-refractivity contribution in [3.63, 3.8) is 0 Å². The van der Waals surface area contributed by atoms with Crippen LogP contribution in [0.2, 0.25) is 0 Å². The fourth-order valence-corrected chi connectivity index (χ4v) is 6.51. The van der Waals surface area contributed by atoms with Crippen molar-refractivity contribution in [3.8, 4) is 11.1 Å². The normalized spacial score (nSPS) is 21.6. The Bertz CT molecular complexity index is 1190. The lowest BCUT2D eigenvalue weighted by Crippen LogP contribution is -2.38. The zero-order valence-corrected chi connectivity index (χ0v) is 19.4. The second kappa shape index (κ2) is 9.47. The van der Waals surface area contributed by atoms with E-state index in [-0.39, 0.29) is 29.5 Å². The molecule has 1 aliphatic heterocycles. The molecular formula is C28H25NO4S. The van der Waals surface area contributed by atoms with Gasteiger partial charge in [-0.05, 0) is 47.6 Å². The maximum Gasteiger partial charge on any atom is 0.307 e. The van der Waals surface area contributed by atoms with Gasteiger partial charge < -0.3 is 5.11 Å². The summed E-state index contributed by atoms with van der Waals surface area (Å²) in [6.07, 6.45) is 1.45. The van der Waals surface area contributed by atoms with E-state index in [0.717, 1.165) is 23.3 Å². The Morgan fingerprint density at radius 1 is 0.824 bits per heavy atom. The number of carbonyl (C=O) groups is 3. The van der Waals surface area contributed by atoms with Gasteiger partial charge in [0.2, 0.25) is 0 Å². The summed E-state index contributed by atoms with van der Waals surface area (Å²) in [5, 5.41) is 9.94. The molecule has 3 aromatic carbocycles. The number of hydrogen-bond donors (Lipinski definition) is 1. The Morgan fingerprint density at radius 2 is 1.41 bits per heavy atom. The SMILES string of the molecule is O=C(O)[C@@H]1[C@@H](CN2C(=O)c3ccccc3C2=O)CC[C@H]1SCc1ccc(-c2ccccc2)cc1. The summed E-state index contributed by atoms with van der Waals surface area (Å²) in [5.41, 5.74) is 4.28. The van der Waals surface area contributed by atoms with Gasteiger partial charge in [-0.3, -0.25) is 19.3 Å². The van der Waals surface area contributed by atoms with Gasteiger partial charge in [0.15, 0.2) is 0 Å². The number of thioether (sulfide) groups is 1. The smallest absolute Gasteiger partial charge is 0.307 e. The molecule has 5 nitrogen and oxygen atoms in total. The molecule has 0 saturated heterocycles. The highest BCUT2D eigenvalue weighted by molar-refractivity contribution is 7.99. The summed E-state index contributed by atoms with van der Waals surface area (Å²) < 4.78 is 0. The molecule has 2 aliphatic rings.